The third kappa shape index (κ3) is 2.92. The molecule has 3 aromatic rings. The molecule has 0 radical (unpaired) electrons. The van der Waals surface area contributed by atoms with Crippen molar-refractivity contribution in [1.29, 1.82) is 0 Å². The molecule has 3 aromatic heterocycles. The maximum Gasteiger partial charge on any atom is 0.272 e. The van der Waals surface area contributed by atoms with Crippen LogP contribution in [0.2, 0.25) is 0 Å². The number of H-pyrrole nitrogens is 1. The lowest BCUT2D eigenvalue weighted by atomic mass is 10.1. The zero-order chi connectivity index (χ0) is 16.4. The van der Waals surface area contributed by atoms with Gasteiger partial charge >= 0.3 is 0 Å². The monoisotopic (exact) mass is 323 g/mol. The molecule has 0 unspecified atom stereocenters. The molecule has 1 amide bonds. The van der Waals surface area contributed by atoms with Crippen LogP contribution in [0.1, 0.15) is 33.4 Å². The molecule has 0 atom stereocenters. The average molecular weight is 323 g/mol. The molecule has 0 saturated carbocycles. The SMILES string of the molecule is O=C(c1ccn[nH]1)N1CCc2oc(CCc3cccnc3)nc2C1. The van der Waals surface area contributed by atoms with Crippen molar-refractivity contribution >= 4 is 5.91 Å². The van der Waals surface area contributed by atoms with Crippen LogP contribution in [0.3, 0.4) is 0 Å². The summed E-state index contributed by atoms with van der Waals surface area (Å²) in [4.78, 5) is 22.8. The van der Waals surface area contributed by atoms with Gasteiger partial charge in [-0.1, -0.05) is 6.07 Å². The summed E-state index contributed by atoms with van der Waals surface area (Å²) < 4.78 is 5.86. The standard InChI is InChI=1S/C17H17N5O2/c23-17(13-5-8-19-21-13)22-9-6-15-14(11-22)20-16(24-15)4-3-12-2-1-7-18-10-12/h1-2,5,7-8,10H,3-4,6,9,11H2,(H,19,21). The summed E-state index contributed by atoms with van der Waals surface area (Å²) in [5, 5.41) is 6.54. The topological polar surface area (TPSA) is 87.9 Å². The van der Waals surface area contributed by atoms with Crippen molar-refractivity contribution in [2.75, 3.05) is 6.54 Å². The van der Waals surface area contributed by atoms with Crippen LogP contribution >= 0.6 is 0 Å². The van der Waals surface area contributed by atoms with Gasteiger partial charge in [-0.3, -0.25) is 14.9 Å². The third-order valence-corrected chi connectivity index (χ3v) is 4.14. The minimum absolute atomic E-state index is 0.0574. The zero-order valence-electron chi connectivity index (χ0n) is 13.1. The quantitative estimate of drug-likeness (QED) is 0.790. The number of carbonyl (C=O) groups excluding carboxylic acids is 1. The number of pyridine rings is 1. The molecule has 24 heavy (non-hydrogen) atoms. The lowest BCUT2D eigenvalue weighted by Gasteiger charge is -2.24. The molecule has 0 bridgehead atoms. The highest BCUT2D eigenvalue weighted by molar-refractivity contribution is 5.92. The molecule has 122 valence electrons. The van der Waals surface area contributed by atoms with Gasteiger partial charge in [0.2, 0.25) is 0 Å². The molecule has 4 rings (SSSR count). The Hall–Kier alpha value is -2.96. The largest absolute Gasteiger partial charge is 0.445 e. The molecule has 1 aliphatic rings. The molecule has 1 N–H and O–H groups in total. The number of fused-ring (bicyclic) bond motifs is 1. The molecule has 0 aliphatic carbocycles. The van der Waals surface area contributed by atoms with Crippen molar-refractivity contribution < 1.29 is 9.21 Å². The summed E-state index contributed by atoms with van der Waals surface area (Å²) in [6, 6.07) is 5.65. The van der Waals surface area contributed by atoms with E-state index in [9.17, 15) is 4.79 Å². The van der Waals surface area contributed by atoms with Crippen LogP contribution < -0.4 is 0 Å². The number of nitrogens with one attached hydrogen (secondary N) is 1. The van der Waals surface area contributed by atoms with E-state index in [-0.39, 0.29) is 5.91 Å². The fraction of sp³-hybridized carbons (Fsp3) is 0.294. The van der Waals surface area contributed by atoms with E-state index in [0.29, 0.717) is 25.2 Å². The first-order valence-electron chi connectivity index (χ1n) is 7.94. The van der Waals surface area contributed by atoms with E-state index >= 15 is 0 Å². The van der Waals surface area contributed by atoms with Gasteiger partial charge in [0, 0.05) is 38.0 Å². The summed E-state index contributed by atoms with van der Waals surface area (Å²) in [7, 11) is 0. The molecule has 1 aliphatic heterocycles. The zero-order valence-corrected chi connectivity index (χ0v) is 13.1. The number of hydrogen-bond acceptors (Lipinski definition) is 5. The Kier molecular flexibility index (Phi) is 3.82. The number of aromatic amines is 1. The Morgan fingerprint density at radius 1 is 1.29 bits per heavy atom. The Morgan fingerprint density at radius 2 is 2.25 bits per heavy atom. The van der Waals surface area contributed by atoms with Crippen molar-refractivity contribution in [3.8, 4) is 0 Å². The summed E-state index contributed by atoms with van der Waals surface area (Å²) in [6.45, 7) is 1.10. The smallest absolute Gasteiger partial charge is 0.272 e. The molecule has 0 fully saturated rings. The number of amides is 1. The van der Waals surface area contributed by atoms with Crippen molar-refractivity contribution in [3.05, 3.63) is 65.4 Å². The minimum Gasteiger partial charge on any atom is -0.445 e. The minimum atomic E-state index is -0.0574. The highest BCUT2D eigenvalue weighted by atomic mass is 16.4. The Balaban J connectivity index is 1.43. The Labute approximate surface area is 138 Å². The predicted octanol–water partition coefficient (Wildman–Crippen LogP) is 1.78. The molecule has 7 nitrogen and oxygen atoms in total. The van der Waals surface area contributed by atoms with Crippen LogP contribution in [-0.2, 0) is 25.8 Å². The van der Waals surface area contributed by atoms with Gasteiger partial charge in [0.05, 0.1) is 6.54 Å². The van der Waals surface area contributed by atoms with Crippen LogP contribution in [0, 0.1) is 0 Å². The van der Waals surface area contributed by atoms with Crippen molar-refractivity contribution in [1.82, 2.24) is 25.1 Å². The van der Waals surface area contributed by atoms with E-state index in [1.807, 2.05) is 18.3 Å². The lowest BCUT2D eigenvalue weighted by Crippen LogP contribution is -2.36. The van der Waals surface area contributed by atoms with E-state index in [1.165, 1.54) is 0 Å². The number of oxazole rings is 1. The van der Waals surface area contributed by atoms with Crippen molar-refractivity contribution in [2.24, 2.45) is 0 Å². The summed E-state index contributed by atoms with van der Waals surface area (Å²) in [6.07, 6.45) is 7.45. The number of nitrogens with zero attached hydrogens (tertiary/aromatic N) is 4. The Bertz CT molecular complexity index is 826. The van der Waals surface area contributed by atoms with Crippen LogP contribution in [0.5, 0.6) is 0 Å². The van der Waals surface area contributed by atoms with Gasteiger partial charge in [-0.05, 0) is 24.1 Å². The summed E-state index contributed by atoms with van der Waals surface area (Å²) in [5.41, 5.74) is 2.51. The van der Waals surface area contributed by atoms with Crippen LogP contribution in [0.15, 0.2) is 41.2 Å². The molecular formula is C17H17N5O2. The number of aryl methyl sites for hydroxylation is 2. The van der Waals surface area contributed by atoms with Gasteiger partial charge < -0.3 is 9.32 Å². The summed E-state index contributed by atoms with van der Waals surface area (Å²) >= 11 is 0. The van der Waals surface area contributed by atoms with E-state index < -0.39 is 0 Å². The van der Waals surface area contributed by atoms with Gasteiger partial charge in [0.1, 0.15) is 17.1 Å². The van der Waals surface area contributed by atoms with Crippen LogP contribution in [0.25, 0.3) is 0 Å². The van der Waals surface area contributed by atoms with Crippen molar-refractivity contribution in [3.63, 3.8) is 0 Å². The molecule has 0 saturated heterocycles. The number of aromatic nitrogens is 4. The highest BCUT2D eigenvalue weighted by Crippen LogP contribution is 2.21. The first-order valence-corrected chi connectivity index (χ1v) is 7.94. The second-order valence-electron chi connectivity index (χ2n) is 5.79. The van der Waals surface area contributed by atoms with Crippen molar-refractivity contribution in [2.45, 2.75) is 25.8 Å². The molecule has 4 heterocycles. The lowest BCUT2D eigenvalue weighted by molar-refractivity contribution is 0.0722. The van der Waals surface area contributed by atoms with Gasteiger partial charge in [-0.2, -0.15) is 5.10 Å². The number of rotatable bonds is 4. The molecule has 0 spiro atoms. The van der Waals surface area contributed by atoms with E-state index in [0.717, 1.165) is 35.7 Å². The maximum absolute atomic E-state index is 12.4. The van der Waals surface area contributed by atoms with Gasteiger partial charge in [0.15, 0.2) is 5.89 Å². The molecular weight excluding hydrogens is 306 g/mol. The second-order valence-corrected chi connectivity index (χ2v) is 5.79. The second kappa shape index (κ2) is 6.27. The fourth-order valence-electron chi connectivity index (χ4n) is 2.87. The maximum atomic E-state index is 12.4. The van der Waals surface area contributed by atoms with E-state index in [4.69, 9.17) is 4.42 Å². The van der Waals surface area contributed by atoms with E-state index in [2.05, 4.69) is 20.2 Å². The normalized spacial score (nSPS) is 13.8. The van der Waals surface area contributed by atoms with E-state index in [1.54, 1.807) is 23.4 Å². The predicted molar refractivity (Wildman–Crippen MR) is 85.2 cm³/mol. The van der Waals surface area contributed by atoms with Crippen LogP contribution in [-0.4, -0.2) is 37.5 Å². The third-order valence-electron chi connectivity index (χ3n) is 4.14. The molecule has 7 heteroatoms. The van der Waals surface area contributed by atoms with Gasteiger partial charge in [0.25, 0.3) is 5.91 Å². The first-order chi connectivity index (χ1) is 11.8. The number of carbonyl (C=O) groups is 1. The Morgan fingerprint density at radius 3 is 3.04 bits per heavy atom. The first kappa shape index (κ1) is 14.6. The van der Waals surface area contributed by atoms with Gasteiger partial charge in [-0.15, -0.1) is 0 Å². The number of hydrogen-bond donors (Lipinski definition) is 1. The summed E-state index contributed by atoms with van der Waals surface area (Å²) in [5.74, 6) is 1.56. The molecule has 0 aromatic carbocycles. The van der Waals surface area contributed by atoms with Gasteiger partial charge in [-0.25, -0.2) is 4.98 Å². The fourth-order valence-corrected chi connectivity index (χ4v) is 2.87. The highest BCUT2D eigenvalue weighted by Gasteiger charge is 2.26. The average Bonchev–Trinajstić information content (AvgIpc) is 3.29. The van der Waals surface area contributed by atoms with Crippen LogP contribution in [0.4, 0.5) is 0 Å².